The Kier molecular flexibility index (Phi) is 6.03. The molecule has 0 bridgehead atoms. The maximum Gasteiger partial charge on any atom is 0.227 e. The van der Waals surface area contributed by atoms with Crippen molar-refractivity contribution in [3.63, 3.8) is 0 Å². The van der Waals surface area contributed by atoms with Crippen LogP contribution in [0.2, 0.25) is 0 Å². The molecular weight excluding hydrogens is 354 g/mol. The molecule has 0 atom stereocenters. The van der Waals surface area contributed by atoms with Gasteiger partial charge < -0.3 is 10.1 Å². The third-order valence-electron chi connectivity index (χ3n) is 3.35. The summed E-state index contributed by atoms with van der Waals surface area (Å²) in [7, 11) is 1.63. The van der Waals surface area contributed by atoms with Crippen molar-refractivity contribution in [1.29, 1.82) is 0 Å². The molecule has 1 aromatic heterocycles. The largest absolute Gasteiger partial charge is 0.497 e. The fourth-order valence-corrected chi connectivity index (χ4v) is 3.72. The number of hydrogen-bond donors (Lipinski definition) is 1. The molecule has 2 aromatic carbocycles. The molecule has 0 aliphatic rings. The van der Waals surface area contributed by atoms with Crippen LogP contribution >= 0.6 is 23.1 Å². The van der Waals surface area contributed by atoms with E-state index in [-0.39, 0.29) is 5.91 Å². The number of aromatic nitrogens is 2. The molecule has 7 heteroatoms. The summed E-state index contributed by atoms with van der Waals surface area (Å²) in [4.78, 5) is 13.2. The van der Waals surface area contributed by atoms with Crippen molar-refractivity contribution < 1.29 is 9.53 Å². The van der Waals surface area contributed by atoms with E-state index in [0.717, 1.165) is 27.0 Å². The number of carbonyl (C=O) groups excluding carboxylic acids is 1. The fourth-order valence-electron chi connectivity index (χ4n) is 2.08. The summed E-state index contributed by atoms with van der Waals surface area (Å²) in [6, 6.07) is 17.6. The van der Waals surface area contributed by atoms with E-state index in [4.69, 9.17) is 4.74 Å². The number of ether oxygens (including phenoxy) is 1. The number of methoxy groups -OCH3 is 1. The van der Waals surface area contributed by atoms with E-state index in [0.29, 0.717) is 11.6 Å². The molecule has 0 saturated heterocycles. The topological polar surface area (TPSA) is 64.1 Å². The molecule has 0 aliphatic heterocycles. The van der Waals surface area contributed by atoms with Crippen LogP contribution < -0.4 is 10.1 Å². The van der Waals surface area contributed by atoms with Gasteiger partial charge in [-0.15, -0.1) is 22.0 Å². The first-order valence-electron chi connectivity index (χ1n) is 7.70. The van der Waals surface area contributed by atoms with Crippen LogP contribution in [0.4, 0.5) is 5.13 Å². The number of benzene rings is 2. The van der Waals surface area contributed by atoms with Gasteiger partial charge in [0, 0.05) is 22.6 Å². The Labute approximate surface area is 154 Å². The van der Waals surface area contributed by atoms with Crippen LogP contribution in [0.1, 0.15) is 6.42 Å². The second-order valence-electron chi connectivity index (χ2n) is 5.10. The summed E-state index contributed by atoms with van der Waals surface area (Å²) in [6.45, 7) is 0. The lowest BCUT2D eigenvalue weighted by atomic mass is 10.2. The molecule has 0 saturated carbocycles. The predicted octanol–water partition coefficient (Wildman–Crippen LogP) is 4.33. The molecule has 128 valence electrons. The van der Waals surface area contributed by atoms with Crippen LogP contribution in [0, 0.1) is 0 Å². The molecule has 0 aliphatic carbocycles. The average Bonchev–Trinajstić information content (AvgIpc) is 3.11. The van der Waals surface area contributed by atoms with Gasteiger partial charge in [-0.2, -0.15) is 0 Å². The Morgan fingerprint density at radius 1 is 1.12 bits per heavy atom. The summed E-state index contributed by atoms with van der Waals surface area (Å²) >= 11 is 3.02. The van der Waals surface area contributed by atoms with Gasteiger partial charge in [0.15, 0.2) is 0 Å². The normalized spacial score (nSPS) is 10.4. The average molecular weight is 371 g/mol. The minimum atomic E-state index is -0.0548. The number of rotatable bonds is 7. The zero-order valence-electron chi connectivity index (χ0n) is 13.6. The van der Waals surface area contributed by atoms with E-state index in [1.54, 1.807) is 18.9 Å². The molecule has 1 heterocycles. The van der Waals surface area contributed by atoms with Crippen LogP contribution in [-0.2, 0) is 4.79 Å². The zero-order valence-corrected chi connectivity index (χ0v) is 15.3. The number of nitrogens with zero attached hydrogens (tertiary/aromatic N) is 2. The third kappa shape index (κ3) is 5.04. The number of thioether (sulfide) groups is 1. The minimum Gasteiger partial charge on any atom is -0.497 e. The van der Waals surface area contributed by atoms with Crippen LogP contribution in [0.25, 0.3) is 10.6 Å². The fraction of sp³-hybridized carbons (Fsp3) is 0.167. The highest BCUT2D eigenvalue weighted by Crippen LogP contribution is 2.28. The Bertz CT molecular complexity index is 820. The second-order valence-corrected chi connectivity index (χ2v) is 7.25. The molecule has 1 N–H and O–H groups in total. The van der Waals surface area contributed by atoms with E-state index in [1.165, 1.54) is 11.3 Å². The van der Waals surface area contributed by atoms with Gasteiger partial charge in [0.1, 0.15) is 10.8 Å². The van der Waals surface area contributed by atoms with Crippen LogP contribution in [-0.4, -0.2) is 29.0 Å². The predicted molar refractivity (Wildman–Crippen MR) is 102 cm³/mol. The van der Waals surface area contributed by atoms with Gasteiger partial charge in [-0.3, -0.25) is 4.79 Å². The molecule has 0 radical (unpaired) electrons. The first-order valence-corrected chi connectivity index (χ1v) is 9.50. The molecular formula is C18H17N3O2S2. The van der Waals surface area contributed by atoms with E-state index >= 15 is 0 Å². The van der Waals surface area contributed by atoms with E-state index in [2.05, 4.69) is 15.5 Å². The maximum absolute atomic E-state index is 12.0. The smallest absolute Gasteiger partial charge is 0.227 e. The van der Waals surface area contributed by atoms with Crippen molar-refractivity contribution in [1.82, 2.24) is 10.2 Å². The zero-order chi connectivity index (χ0) is 17.5. The highest BCUT2D eigenvalue weighted by atomic mass is 32.2. The Morgan fingerprint density at radius 2 is 1.88 bits per heavy atom. The number of carbonyl (C=O) groups is 1. The van der Waals surface area contributed by atoms with Gasteiger partial charge in [0.25, 0.3) is 0 Å². The van der Waals surface area contributed by atoms with Gasteiger partial charge in [0.05, 0.1) is 7.11 Å². The lowest BCUT2D eigenvalue weighted by molar-refractivity contribution is -0.115. The Balaban J connectivity index is 1.51. The first kappa shape index (κ1) is 17.4. The summed E-state index contributed by atoms with van der Waals surface area (Å²) < 4.78 is 5.14. The number of anilines is 1. The highest BCUT2D eigenvalue weighted by molar-refractivity contribution is 7.99. The van der Waals surface area contributed by atoms with Crippen molar-refractivity contribution in [3.05, 3.63) is 54.6 Å². The number of nitrogens with one attached hydrogen (secondary N) is 1. The highest BCUT2D eigenvalue weighted by Gasteiger charge is 2.10. The Hall–Kier alpha value is -2.38. The summed E-state index contributed by atoms with van der Waals surface area (Å²) in [6.07, 6.45) is 0.428. The van der Waals surface area contributed by atoms with Gasteiger partial charge in [-0.1, -0.05) is 29.5 Å². The van der Waals surface area contributed by atoms with E-state index in [9.17, 15) is 4.79 Å². The van der Waals surface area contributed by atoms with Gasteiger partial charge in [-0.05, 0) is 36.4 Å². The second kappa shape index (κ2) is 8.64. The summed E-state index contributed by atoms with van der Waals surface area (Å²) in [5.41, 5.74) is 0.943. The van der Waals surface area contributed by atoms with Gasteiger partial charge >= 0.3 is 0 Å². The monoisotopic (exact) mass is 371 g/mol. The quantitative estimate of drug-likeness (QED) is 0.626. The maximum atomic E-state index is 12.0. The van der Waals surface area contributed by atoms with Gasteiger partial charge in [0.2, 0.25) is 11.0 Å². The molecule has 0 unspecified atom stereocenters. The minimum absolute atomic E-state index is 0.0548. The van der Waals surface area contributed by atoms with Crippen LogP contribution in [0.5, 0.6) is 5.75 Å². The lowest BCUT2D eigenvalue weighted by Crippen LogP contribution is -2.11. The SMILES string of the molecule is COc1ccc(-c2nnc(NC(=O)CCSc3ccccc3)s2)cc1. The molecule has 25 heavy (non-hydrogen) atoms. The third-order valence-corrected chi connectivity index (χ3v) is 5.25. The molecule has 0 fully saturated rings. The van der Waals surface area contributed by atoms with Crippen molar-refractivity contribution in [3.8, 4) is 16.3 Å². The van der Waals surface area contributed by atoms with Gasteiger partial charge in [-0.25, -0.2) is 0 Å². The van der Waals surface area contributed by atoms with Crippen molar-refractivity contribution in [2.75, 3.05) is 18.2 Å². The Morgan fingerprint density at radius 3 is 2.60 bits per heavy atom. The summed E-state index contributed by atoms with van der Waals surface area (Å²) in [5.74, 6) is 1.46. The van der Waals surface area contributed by atoms with Crippen molar-refractivity contribution in [2.24, 2.45) is 0 Å². The number of amides is 1. The van der Waals surface area contributed by atoms with Crippen molar-refractivity contribution in [2.45, 2.75) is 11.3 Å². The number of hydrogen-bond acceptors (Lipinski definition) is 6. The van der Waals surface area contributed by atoms with Crippen molar-refractivity contribution >= 4 is 34.1 Å². The summed E-state index contributed by atoms with van der Waals surface area (Å²) in [5, 5.41) is 12.3. The lowest BCUT2D eigenvalue weighted by Gasteiger charge is -2.02. The molecule has 1 amide bonds. The molecule has 5 nitrogen and oxygen atoms in total. The molecule has 3 rings (SSSR count). The van der Waals surface area contributed by atoms with Crippen LogP contribution in [0.3, 0.4) is 0 Å². The first-order chi connectivity index (χ1) is 12.2. The molecule has 3 aromatic rings. The molecule has 0 spiro atoms. The standard InChI is InChI=1S/C18H17N3O2S2/c1-23-14-9-7-13(8-10-14)17-20-21-18(25-17)19-16(22)11-12-24-15-5-3-2-4-6-15/h2-10H,11-12H2,1H3,(H,19,21,22). The van der Waals surface area contributed by atoms with E-state index < -0.39 is 0 Å². The van der Waals surface area contributed by atoms with Crippen LogP contribution in [0.15, 0.2) is 59.5 Å². The van der Waals surface area contributed by atoms with E-state index in [1.807, 2.05) is 54.6 Å².